The van der Waals surface area contributed by atoms with Crippen molar-refractivity contribution in [2.75, 3.05) is 27.8 Å². The smallest absolute Gasteiger partial charge is 0.0645 e. The first-order valence-corrected chi connectivity index (χ1v) is 8.32. The fourth-order valence-electron chi connectivity index (χ4n) is 1.34. The molecule has 0 bridgehead atoms. The van der Waals surface area contributed by atoms with Crippen molar-refractivity contribution in [1.82, 2.24) is 9.80 Å². The van der Waals surface area contributed by atoms with E-state index < -0.39 is 0 Å². The molecule has 0 radical (unpaired) electrons. The van der Waals surface area contributed by atoms with Crippen LogP contribution in [0.5, 0.6) is 0 Å². The summed E-state index contributed by atoms with van der Waals surface area (Å²) < 4.78 is 4.56. The number of hydrogen-bond acceptors (Lipinski definition) is 4. The van der Waals surface area contributed by atoms with Gasteiger partial charge in [-0.25, -0.2) is 0 Å². The van der Waals surface area contributed by atoms with Gasteiger partial charge in [-0.15, -0.1) is 0 Å². The van der Waals surface area contributed by atoms with E-state index in [2.05, 4.69) is 84.0 Å². The van der Waals surface area contributed by atoms with Crippen LogP contribution in [0.25, 0.3) is 0 Å². The second-order valence-electron chi connectivity index (χ2n) is 6.61. The largest absolute Gasteiger partial charge is 0.384 e. The van der Waals surface area contributed by atoms with Crippen molar-refractivity contribution < 1.29 is 4.74 Å². The molecule has 0 saturated heterocycles. The quantitative estimate of drug-likeness (QED) is 0.694. The summed E-state index contributed by atoms with van der Waals surface area (Å²) in [5, 5.41) is 7.87. The van der Waals surface area contributed by atoms with Gasteiger partial charge in [-0.1, -0.05) is 0 Å². The van der Waals surface area contributed by atoms with E-state index >= 15 is 0 Å². The molecule has 0 unspecified atom stereocenters. The number of rotatable bonds is 6. The van der Waals surface area contributed by atoms with E-state index in [-0.39, 0.29) is 0 Å². The van der Waals surface area contributed by atoms with Gasteiger partial charge in [-0.2, -0.15) is 5.26 Å². The van der Waals surface area contributed by atoms with Crippen molar-refractivity contribution in [1.29, 1.82) is 5.26 Å². The normalized spacial score (nSPS) is 10.7. The summed E-state index contributed by atoms with van der Waals surface area (Å²) >= 11 is 0. The number of hydrogen-bond donors (Lipinski definition) is 0. The maximum Gasteiger partial charge on any atom is 0.0645 e. The van der Waals surface area contributed by atoms with Crippen molar-refractivity contribution in [3.63, 3.8) is 0 Å². The van der Waals surface area contributed by atoms with Gasteiger partial charge in [-0.05, 0) is 69.5 Å². The van der Waals surface area contributed by atoms with Gasteiger partial charge in [0.25, 0.3) is 0 Å². The fourth-order valence-corrected chi connectivity index (χ4v) is 1.34. The van der Waals surface area contributed by atoms with Gasteiger partial charge in [0, 0.05) is 31.3 Å². The van der Waals surface area contributed by atoms with Crippen LogP contribution in [-0.4, -0.2) is 61.8 Å². The number of methoxy groups -OCH3 is 1. The zero-order chi connectivity index (χ0) is 18.3. The minimum Gasteiger partial charge on any atom is -0.384 e. The molecule has 0 aliphatic heterocycles. The molecule has 0 aliphatic carbocycles. The third kappa shape index (κ3) is 19.4. The maximum atomic E-state index is 7.87. The minimum atomic E-state index is 0.497. The first kappa shape index (κ1) is 26.3. The molecule has 0 atom stereocenters. The van der Waals surface area contributed by atoms with Crippen molar-refractivity contribution >= 4 is 0 Å². The molecule has 0 amide bonds. The summed E-state index contributed by atoms with van der Waals surface area (Å²) in [7, 11) is 5.88. The van der Waals surface area contributed by atoms with Crippen LogP contribution in [0, 0.1) is 11.3 Å². The van der Waals surface area contributed by atoms with Crippen molar-refractivity contribution in [2.24, 2.45) is 0 Å². The van der Waals surface area contributed by atoms with Crippen LogP contribution >= 0.6 is 0 Å². The zero-order valence-corrected chi connectivity index (χ0v) is 17.0. The summed E-state index contributed by atoms with van der Waals surface area (Å²) in [5.41, 5.74) is 0. The summed E-state index contributed by atoms with van der Waals surface area (Å²) in [4.78, 5) is 4.67. The molecule has 0 spiro atoms. The second kappa shape index (κ2) is 16.7. The Balaban J connectivity index is -0.000000249. The van der Waals surface area contributed by atoms with Crippen LogP contribution in [-0.2, 0) is 4.74 Å². The lowest BCUT2D eigenvalue weighted by Gasteiger charge is -2.24. The van der Waals surface area contributed by atoms with E-state index in [1.165, 1.54) is 0 Å². The molecule has 0 aromatic rings. The average Bonchev–Trinajstić information content (AvgIpc) is 2.44. The SMILES string of the molecule is CC(C)N(C)C(C)C.CC(C)N(C)C(C)C.COCCC#N. The van der Waals surface area contributed by atoms with Gasteiger partial charge < -0.3 is 14.5 Å². The molecule has 134 valence electrons. The first-order valence-electron chi connectivity index (χ1n) is 8.32. The molecule has 0 aliphatic rings. The van der Waals surface area contributed by atoms with Crippen LogP contribution in [0.15, 0.2) is 0 Å². The van der Waals surface area contributed by atoms with Gasteiger partial charge in [0.1, 0.15) is 0 Å². The number of nitrogens with zero attached hydrogens (tertiary/aromatic N) is 3. The maximum absolute atomic E-state index is 7.87. The Hall–Kier alpha value is -0.630. The van der Waals surface area contributed by atoms with Gasteiger partial charge in [0.15, 0.2) is 0 Å². The highest BCUT2D eigenvalue weighted by molar-refractivity contribution is 4.66. The molecule has 22 heavy (non-hydrogen) atoms. The van der Waals surface area contributed by atoms with E-state index in [0.717, 1.165) is 0 Å². The molecule has 0 heterocycles. The van der Waals surface area contributed by atoms with Crippen LogP contribution in [0.4, 0.5) is 0 Å². The zero-order valence-electron chi connectivity index (χ0n) is 17.0. The fraction of sp³-hybridized carbons (Fsp3) is 0.944. The Morgan fingerprint density at radius 3 is 1.09 bits per heavy atom. The molecule has 4 nitrogen and oxygen atoms in total. The molecule has 0 saturated carbocycles. The van der Waals surface area contributed by atoms with E-state index in [1.807, 2.05) is 6.07 Å². The third-order valence-corrected chi connectivity index (χ3v) is 3.68. The molecular formula is C18H41N3O. The van der Waals surface area contributed by atoms with Gasteiger partial charge in [0.2, 0.25) is 0 Å². The number of ether oxygens (including phenoxy) is 1. The van der Waals surface area contributed by atoms with Crippen LogP contribution in [0.2, 0.25) is 0 Å². The lowest BCUT2D eigenvalue weighted by atomic mass is 10.2. The number of nitriles is 1. The standard InChI is InChI=1S/2C7H17N.C4H7NO/c2*1-6(2)8(5)7(3)4;1-6-4-2-3-5/h2*6-7H,1-5H3;2,4H2,1H3. The summed E-state index contributed by atoms with van der Waals surface area (Å²) in [6.07, 6.45) is 0.497. The highest BCUT2D eigenvalue weighted by Crippen LogP contribution is 1.99. The van der Waals surface area contributed by atoms with Crippen molar-refractivity contribution in [3.8, 4) is 6.07 Å². The molecule has 0 rings (SSSR count). The van der Waals surface area contributed by atoms with Crippen LogP contribution in [0.3, 0.4) is 0 Å². The monoisotopic (exact) mass is 315 g/mol. The van der Waals surface area contributed by atoms with Gasteiger partial charge in [0.05, 0.1) is 19.1 Å². The molecule has 0 aromatic heterocycles. The predicted octanol–water partition coefficient (Wildman–Crippen LogP) is 4.02. The lowest BCUT2D eigenvalue weighted by Crippen LogP contribution is -2.32. The molecule has 0 fully saturated rings. The lowest BCUT2D eigenvalue weighted by molar-refractivity contribution is 0.205. The Morgan fingerprint density at radius 2 is 1.05 bits per heavy atom. The van der Waals surface area contributed by atoms with Crippen molar-refractivity contribution in [2.45, 2.75) is 86.0 Å². The highest BCUT2D eigenvalue weighted by Gasteiger charge is 2.05. The van der Waals surface area contributed by atoms with E-state index in [4.69, 9.17) is 5.26 Å². The Bertz CT molecular complexity index is 224. The van der Waals surface area contributed by atoms with E-state index in [0.29, 0.717) is 37.2 Å². The summed E-state index contributed by atoms with van der Waals surface area (Å²) in [6, 6.07) is 4.65. The molecule has 0 N–H and O–H groups in total. The van der Waals surface area contributed by atoms with Crippen molar-refractivity contribution in [3.05, 3.63) is 0 Å². The van der Waals surface area contributed by atoms with Gasteiger partial charge >= 0.3 is 0 Å². The summed E-state index contributed by atoms with van der Waals surface area (Å²) in [5.74, 6) is 0. The minimum absolute atomic E-state index is 0.497. The van der Waals surface area contributed by atoms with Crippen LogP contribution < -0.4 is 0 Å². The van der Waals surface area contributed by atoms with Gasteiger partial charge in [-0.3, -0.25) is 0 Å². The second-order valence-corrected chi connectivity index (χ2v) is 6.61. The topological polar surface area (TPSA) is 39.5 Å². The Labute approximate surface area is 140 Å². The first-order chi connectivity index (χ1) is 10.0. The Morgan fingerprint density at radius 1 is 0.773 bits per heavy atom. The van der Waals surface area contributed by atoms with E-state index in [1.54, 1.807) is 7.11 Å². The van der Waals surface area contributed by atoms with E-state index in [9.17, 15) is 0 Å². The summed E-state index contributed by atoms with van der Waals surface area (Å²) in [6.45, 7) is 18.2. The molecule has 4 heteroatoms. The molecular weight excluding hydrogens is 274 g/mol. The third-order valence-electron chi connectivity index (χ3n) is 3.68. The average molecular weight is 316 g/mol. The highest BCUT2D eigenvalue weighted by atomic mass is 16.5. The van der Waals surface area contributed by atoms with Crippen LogP contribution in [0.1, 0.15) is 61.8 Å². The predicted molar refractivity (Wildman–Crippen MR) is 98.2 cm³/mol. The Kier molecular flexibility index (Phi) is 20.0. The molecule has 0 aromatic carbocycles.